The van der Waals surface area contributed by atoms with Crippen molar-refractivity contribution in [3.05, 3.63) is 71.8 Å². The maximum atomic E-state index is 12.1. The van der Waals surface area contributed by atoms with Crippen molar-refractivity contribution in [2.75, 3.05) is 7.11 Å². The molecule has 0 amide bonds. The predicted octanol–water partition coefficient (Wildman–Crippen LogP) is 2.49. The third-order valence-electron chi connectivity index (χ3n) is 3.07. The van der Waals surface area contributed by atoms with Gasteiger partial charge in [0.1, 0.15) is 0 Å². The average Bonchev–Trinajstić information content (AvgIpc) is 2.76. The van der Waals surface area contributed by atoms with Gasteiger partial charge in [0.25, 0.3) is 0 Å². The number of hydrogen-bond donors (Lipinski definition) is 1. The molecule has 19 heavy (non-hydrogen) atoms. The fourth-order valence-corrected chi connectivity index (χ4v) is 2.05. The highest BCUT2D eigenvalue weighted by atomic mass is 16.5. The maximum Gasteiger partial charge on any atom is 0.347 e. The molecular formula is C16H16O3. The third-order valence-corrected chi connectivity index (χ3v) is 3.07. The molecule has 98 valence electrons. The first-order valence-electron chi connectivity index (χ1n) is 6.09. The van der Waals surface area contributed by atoms with Crippen molar-refractivity contribution in [1.82, 2.24) is 0 Å². The van der Waals surface area contributed by atoms with E-state index in [1.165, 1.54) is 7.11 Å². The van der Waals surface area contributed by atoms with Crippen LogP contribution in [-0.2, 0) is 15.1 Å². The Kier molecular flexibility index (Phi) is 3.97. The second-order valence-corrected chi connectivity index (χ2v) is 4.26. The zero-order chi connectivity index (χ0) is 13.7. The molecule has 1 aromatic carbocycles. The van der Waals surface area contributed by atoms with Crippen LogP contribution in [0.3, 0.4) is 0 Å². The summed E-state index contributed by atoms with van der Waals surface area (Å²) in [4.78, 5) is 12.1. The number of aliphatic hydroxyl groups is 1. The highest BCUT2D eigenvalue weighted by Gasteiger charge is 2.41. The van der Waals surface area contributed by atoms with Gasteiger partial charge in [0.05, 0.1) is 7.11 Å². The van der Waals surface area contributed by atoms with Gasteiger partial charge in [-0.1, -0.05) is 60.7 Å². The molecule has 0 heterocycles. The Bertz CT molecular complexity index is 540. The van der Waals surface area contributed by atoms with E-state index in [-0.39, 0.29) is 0 Å². The predicted molar refractivity (Wildman–Crippen MR) is 73.3 cm³/mol. The Labute approximate surface area is 112 Å². The van der Waals surface area contributed by atoms with Gasteiger partial charge < -0.3 is 9.84 Å². The van der Waals surface area contributed by atoms with Crippen LogP contribution in [0.15, 0.2) is 66.3 Å². The number of methoxy groups -OCH3 is 1. The number of carbonyl (C=O) groups excluding carboxylic acids is 1. The molecule has 0 aromatic heterocycles. The number of rotatable bonds is 3. The van der Waals surface area contributed by atoms with Gasteiger partial charge in [-0.15, -0.1) is 0 Å². The van der Waals surface area contributed by atoms with Crippen molar-refractivity contribution in [3.63, 3.8) is 0 Å². The van der Waals surface area contributed by atoms with Gasteiger partial charge in [-0.3, -0.25) is 0 Å². The lowest BCUT2D eigenvalue weighted by atomic mass is 9.85. The van der Waals surface area contributed by atoms with Crippen LogP contribution in [0.5, 0.6) is 0 Å². The fourth-order valence-electron chi connectivity index (χ4n) is 2.05. The van der Waals surface area contributed by atoms with E-state index >= 15 is 0 Å². The van der Waals surface area contributed by atoms with E-state index in [0.29, 0.717) is 11.1 Å². The summed E-state index contributed by atoms with van der Waals surface area (Å²) in [6, 6.07) is 8.80. The summed E-state index contributed by atoms with van der Waals surface area (Å²) in [6.07, 6.45) is 9.92. The fraction of sp³-hybridized carbons (Fsp3) is 0.188. The van der Waals surface area contributed by atoms with Crippen molar-refractivity contribution in [2.45, 2.75) is 12.0 Å². The smallest absolute Gasteiger partial charge is 0.347 e. The van der Waals surface area contributed by atoms with Crippen LogP contribution < -0.4 is 0 Å². The van der Waals surface area contributed by atoms with Crippen LogP contribution in [0, 0.1) is 0 Å². The summed E-state index contributed by atoms with van der Waals surface area (Å²) >= 11 is 0. The second kappa shape index (κ2) is 5.67. The Morgan fingerprint density at radius 3 is 2.68 bits per heavy atom. The third kappa shape index (κ3) is 2.51. The summed E-state index contributed by atoms with van der Waals surface area (Å²) < 4.78 is 4.78. The number of esters is 1. The summed E-state index contributed by atoms with van der Waals surface area (Å²) in [5.74, 6) is -0.690. The van der Waals surface area contributed by atoms with E-state index in [2.05, 4.69) is 0 Å². The van der Waals surface area contributed by atoms with Crippen molar-refractivity contribution in [3.8, 4) is 0 Å². The van der Waals surface area contributed by atoms with Crippen LogP contribution in [0.4, 0.5) is 0 Å². The minimum Gasteiger partial charge on any atom is -0.466 e. The molecule has 0 radical (unpaired) electrons. The molecular weight excluding hydrogens is 240 g/mol. The topological polar surface area (TPSA) is 46.5 Å². The summed E-state index contributed by atoms with van der Waals surface area (Å²) in [5.41, 5.74) is -0.784. The van der Waals surface area contributed by atoms with E-state index in [1.54, 1.807) is 36.4 Å². The Hall–Kier alpha value is -2.13. The number of benzene rings is 1. The Balaban J connectivity index is 2.55. The molecule has 0 spiro atoms. The standard InChI is InChI=1S/C16H16O3/c1-19-15(17)16(18,14-11-7-4-8-12-14)13-9-5-2-3-6-10-13/h2,4-12,18H,3H2,1H3. The van der Waals surface area contributed by atoms with Gasteiger partial charge in [0, 0.05) is 0 Å². The number of allylic oxidation sites excluding steroid dienone is 4. The molecule has 1 unspecified atom stereocenters. The molecule has 1 N–H and O–H groups in total. The van der Waals surface area contributed by atoms with Crippen LogP contribution >= 0.6 is 0 Å². The van der Waals surface area contributed by atoms with E-state index in [0.717, 1.165) is 6.42 Å². The zero-order valence-electron chi connectivity index (χ0n) is 10.7. The van der Waals surface area contributed by atoms with Gasteiger partial charge in [-0.2, -0.15) is 0 Å². The first kappa shape index (κ1) is 13.3. The quantitative estimate of drug-likeness (QED) is 0.845. The molecule has 0 bridgehead atoms. The second-order valence-electron chi connectivity index (χ2n) is 4.26. The van der Waals surface area contributed by atoms with Gasteiger partial charge in [0.2, 0.25) is 5.60 Å². The normalized spacial score (nSPS) is 17.3. The summed E-state index contributed by atoms with van der Waals surface area (Å²) in [7, 11) is 1.27. The molecule has 0 fully saturated rings. The van der Waals surface area contributed by atoms with Crippen LogP contribution in [-0.4, -0.2) is 18.2 Å². The average molecular weight is 256 g/mol. The zero-order valence-corrected chi connectivity index (χ0v) is 10.7. The monoisotopic (exact) mass is 256 g/mol. The first-order chi connectivity index (χ1) is 9.19. The van der Waals surface area contributed by atoms with Gasteiger partial charge in [-0.25, -0.2) is 4.79 Å². The molecule has 1 aliphatic rings. The molecule has 0 aliphatic heterocycles. The molecule has 2 rings (SSSR count). The first-order valence-corrected chi connectivity index (χ1v) is 6.09. The summed E-state index contributed by atoms with van der Waals surface area (Å²) in [6.45, 7) is 0. The molecule has 3 nitrogen and oxygen atoms in total. The number of ether oxygens (including phenoxy) is 1. The summed E-state index contributed by atoms with van der Waals surface area (Å²) in [5, 5.41) is 10.9. The minimum absolute atomic E-state index is 0.494. The van der Waals surface area contributed by atoms with Gasteiger partial charge >= 0.3 is 5.97 Å². The van der Waals surface area contributed by atoms with Crippen molar-refractivity contribution in [2.24, 2.45) is 0 Å². The van der Waals surface area contributed by atoms with Crippen LogP contribution in [0.25, 0.3) is 0 Å². The highest BCUT2D eigenvalue weighted by molar-refractivity contribution is 5.86. The number of carbonyl (C=O) groups is 1. The lowest BCUT2D eigenvalue weighted by Gasteiger charge is -2.27. The van der Waals surface area contributed by atoms with Gasteiger partial charge in [-0.05, 0) is 17.6 Å². The molecule has 0 saturated carbocycles. The van der Waals surface area contributed by atoms with Crippen molar-refractivity contribution >= 4 is 5.97 Å². The van der Waals surface area contributed by atoms with E-state index < -0.39 is 11.6 Å². The lowest BCUT2D eigenvalue weighted by Crippen LogP contribution is -2.38. The molecule has 0 saturated heterocycles. The molecule has 1 aromatic rings. The maximum absolute atomic E-state index is 12.1. The number of hydrogen-bond acceptors (Lipinski definition) is 3. The lowest BCUT2D eigenvalue weighted by molar-refractivity contribution is -0.159. The highest BCUT2D eigenvalue weighted by Crippen LogP contribution is 2.32. The largest absolute Gasteiger partial charge is 0.466 e. The minimum atomic E-state index is -1.78. The Morgan fingerprint density at radius 2 is 2.00 bits per heavy atom. The SMILES string of the molecule is COC(=O)C(O)(C1=CC=CCC=C1)c1ccccc1. The Morgan fingerprint density at radius 1 is 1.26 bits per heavy atom. The van der Waals surface area contributed by atoms with E-state index in [1.807, 2.05) is 24.3 Å². The molecule has 1 aliphatic carbocycles. The molecule has 3 heteroatoms. The van der Waals surface area contributed by atoms with E-state index in [4.69, 9.17) is 4.74 Å². The van der Waals surface area contributed by atoms with Crippen LogP contribution in [0.1, 0.15) is 12.0 Å². The van der Waals surface area contributed by atoms with Crippen molar-refractivity contribution < 1.29 is 14.6 Å². The molecule has 1 atom stereocenters. The van der Waals surface area contributed by atoms with Crippen molar-refractivity contribution in [1.29, 1.82) is 0 Å². The van der Waals surface area contributed by atoms with Crippen LogP contribution in [0.2, 0.25) is 0 Å². The van der Waals surface area contributed by atoms with E-state index in [9.17, 15) is 9.90 Å². The van der Waals surface area contributed by atoms with Gasteiger partial charge in [0.15, 0.2) is 0 Å².